The van der Waals surface area contributed by atoms with E-state index in [1.165, 1.54) is 0 Å². The molecule has 3 nitrogen and oxygen atoms in total. The molecule has 16 heavy (non-hydrogen) atoms. The molecule has 1 aliphatic heterocycles. The first-order valence-corrected chi connectivity index (χ1v) is 5.73. The van der Waals surface area contributed by atoms with Crippen LogP contribution in [0.3, 0.4) is 0 Å². The number of carbonyl (C=O) groups excluding carboxylic acids is 1. The van der Waals surface area contributed by atoms with Gasteiger partial charge in [0.25, 0.3) is 5.91 Å². The molecule has 1 aromatic rings. The van der Waals surface area contributed by atoms with Gasteiger partial charge < -0.3 is 10.1 Å². The van der Waals surface area contributed by atoms with Crippen LogP contribution >= 0.6 is 0 Å². The summed E-state index contributed by atoms with van der Waals surface area (Å²) in [6, 6.07) is 5.82. The van der Waals surface area contributed by atoms with Gasteiger partial charge in [-0.05, 0) is 31.4 Å². The SMILES string of the molecule is CCC1(CC)Oc2cccc(C)c2NC1=O. The molecular weight excluding hydrogens is 202 g/mol. The van der Waals surface area contributed by atoms with E-state index in [1.54, 1.807) is 0 Å². The summed E-state index contributed by atoms with van der Waals surface area (Å²) in [5, 5.41) is 2.96. The minimum Gasteiger partial charge on any atom is -0.475 e. The summed E-state index contributed by atoms with van der Waals surface area (Å²) in [6.45, 7) is 5.92. The average Bonchev–Trinajstić information content (AvgIpc) is 2.30. The lowest BCUT2D eigenvalue weighted by atomic mass is 9.93. The number of carbonyl (C=O) groups is 1. The summed E-state index contributed by atoms with van der Waals surface area (Å²) < 4.78 is 5.90. The summed E-state index contributed by atoms with van der Waals surface area (Å²) in [5.74, 6) is 0.752. The van der Waals surface area contributed by atoms with E-state index in [0.717, 1.165) is 17.0 Å². The first-order chi connectivity index (χ1) is 7.63. The number of ether oxygens (including phenoxy) is 1. The third kappa shape index (κ3) is 1.47. The molecule has 1 N–H and O–H groups in total. The van der Waals surface area contributed by atoms with Crippen LogP contribution in [0.25, 0.3) is 0 Å². The summed E-state index contributed by atoms with van der Waals surface area (Å²) in [7, 11) is 0. The lowest BCUT2D eigenvalue weighted by Crippen LogP contribution is -2.50. The van der Waals surface area contributed by atoms with Crippen LogP contribution in [0.15, 0.2) is 18.2 Å². The van der Waals surface area contributed by atoms with Crippen LogP contribution in [0, 0.1) is 6.92 Å². The van der Waals surface area contributed by atoms with Gasteiger partial charge in [0.15, 0.2) is 5.60 Å². The van der Waals surface area contributed by atoms with Gasteiger partial charge in [0.05, 0.1) is 5.69 Å². The number of benzene rings is 1. The second-order valence-electron chi connectivity index (χ2n) is 4.21. The first-order valence-electron chi connectivity index (χ1n) is 5.73. The second kappa shape index (κ2) is 3.81. The molecule has 1 heterocycles. The Bertz CT molecular complexity index is 422. The molecule has 0 aromatic heterocycles. The van der Waals surface area contributed by atoms with Crippen LogP contribution in [0.1, 0.15) is 32.3 Å². The molecule has 0 spiro atoms. The van der Waals surface area contributed by atoms with E-state index in [-0.39, 0.29) is 5.91 Å². The predicted molar refractivity (Wildman–Crippen MR) is 63.7 cm³/mol. The molecule has 1 amide bonds. The van der Waals surface area contributed by atoms with Gasteiger partial charge in [-0.1, -0.05) is 26.0 Å². The molecule has 86 valence electrons. The molecule has 0 aliphatic carbocycles. The molecule has 0 saturated heterocycles. The van der Waals surface area contributed by atoms with Gasteiger partial charge >= 0.3 is 0 Å². The van der Waals surface area contributed by atoms with Crippen molar-refractivity contribution in [2.45, 2.75) is 39.2 Å². The molecule has 1 aliphatic rings. The first kappa shape index (κ1) is 11.0. The highest BCUT2D eigenvalue weighted by Crippen LogP contribution is 2.38. The third-order valence-corrected chi connectivity index (χ3v) is 3.33. The van der Waals surface area contributed by atoms with E-state index in [2.05, 4.69) is 5.32 Å². The van der Waals surface area contributed by atoms with E-state index in [1.807, 2.05) is 39.0 Å². The molecule has 1 aromatic carbocycles. The van der Waals surface area contributed by atoms with E-state index < -0.39 is 5.60 Å². The maximum absolute atomic E-state index is 12.1. The van der Waals surface area contributed by atoms with Crippen molar-refractivity contribution in [1.29, 1.82) is 0 Å². The summed E-state index contributed by atoms with van der Waals surface area (Å²) in [6.07, 6.45) is 1.37. The second-order valence-corrected chi connectivity index (χ2v) is 4.21. The van der Waals surface area contributed by atoms with Gasteiger partial charge in [0.1, 0.15) is 5.75 Å². The van der Waals surface area contributed by atoms with E-state index in [4.69, 9.17) is 4.74 Å². The molecule has 0 radical (unpaired) electrons. The van der Waals surface area contributed by atoms with Gasteiger partial charge in [-0.25, -0.2) is 0 Å². The number of amides is 1. The molecule has 0 fully saturated rings. The molecule has 0 saturated carbocycles. The highest BCUT2D eigenvalue weighted by molar-refractivity contribution is 6.01. The van der Waals surface area contributed by atoms with Crippen LogP contribution < -0.4 is 10.1 Å². The predicted octanol–water partition coefficient (Wildman–Crippen LogP) is 2.88. The standard InChI is InChI=1S/C13H17NO2/c1-4-13(5-2)12(15)14-11-9(3)7-6-8-10(11)16-13/h6-8H,4-5H2,1-3H3,(H,14,15). The number of anilines is 1. The Hall–Kier alpha value is -1.51. The van der Waals surface area contributed by atoms with Gasteiger partial charge in [-0.2, -0.15) is 0 Å². The lowest BCUT2D eigenvalue weighted by molar-refractivity contribution is -0.133. The van der Waals surface area contributed by atoms with Crippen molar-refractivity contribution < 1.29 is 9.53 Å². The molecule has 0 atom stereocenters. The molecule has 2 rings (SSSR count). The number of nitrogens with one attached hydrogen (secondary N) is 1. The van der Waals surface area contributed by atoms with Crippen molar-refractivity contribution in [1.82, 2.24) is 0 Å². The maximum Gasteiger partial charge on any atom is 0.268 e. The van der Waals surface area contributed by atoms with Gasteiger partial charge in [0.2, 0.25) is 0 Å². The Morgan fingerprint density at radius 3 is 2.62 bits per heavy atom. The van der Waals surface area contributed by atoms with Crippen LogP contribution in [0.2, 0.25) is 0 Å². The summed E-state index contributed by atoms with van der Waals surface area (Å²) in [4.78, 5) is 12.1. The minimum atomic E-state index is -0.694. The zero-order chi connectivity index (χ0) is 11.8. The number of rotatable bonds is 2. The van der Waals surface area contributed by atoms with Crippen LogP contribution in [0.5, 0.6) is 5.75 Å². The Kier molecular flexibility index (Phi) is 2.62. The number of hydrogen-bond donors (Lipinski definition) is 1. The monoisotopic (exact) mass is 219 g/mol. The van der Waals surface area contributed by atoms with Gasteiger partial charge in [-0.15, -0.1) is 0 Å². The fourth-order valence-corrected chi connectivity index (χ4v) is 2.09. The van der Waals surface area contributed by atoms with E-state index in [0.29, 0.717) is 12.8 Å². The molecule has 0 unspecified atom stereocenters. The number of hydrogen-bond acceptors (Lipinski definition) is 2. The minimum absolute atomic E-state index is 0.0284. The highest BCUT2D eigenvalue weighted by atomic mass is 16.5. The van der Waals surface area contributed by atoms with Crippen molar-refractivity contribution in [3.8, 4) is 5.75 Å². The topological polar surface area (TPSA) is 38.3 Å². The average molecular weight is 219 g/mol. The number of aryl methyl sites for hydroxylation is 1. The molecule has 3 heteroatoms. The Balaban J connectivity index is 2.46. The largest absolute Gasteiger partial charge is 0.475 e. The highest BCUT2D eigenvalue weighted by Gasteiger charge is 2.41. The van der Waals surface area contributed by atoms with Crippen molar-refractivity contribution >= 4 is 11.6 Å². The molecule has 0 bridgehead atoms. The zero-order valence-corrected chi connectivity index (χ0v) is 9.96. The maximum atomic E-state index is 12.1. The van der Waals surface area contributed by atoms with Gasteiger partial charge in [0, 0.05) is 0 Å². The number of para-hydroxylation sites is 1. The zero-order valence-electron chi connectivity index (χ0n) is 9.96. The van der Waals surface area contributed by atoms with Crippen molar-refractivity contribution in [2.75, 3.05) is 5.32 Å². The van der Waals surface area contributed by atoms with Crippen molar-refractivity contribution in [3.05, 3.63) is 23.8 Å². The number of fused-ring (bicyclic) bond motifs is 1. The Labute approximate surface area is 95.8 Å². The van der Waals surface area contributed by atoms with Crippen LogP contribution in [0.4, 0.5) is 5.69 Å². The van der Waals surface area contributed by atoms with E-state index in [9.17, 15) is 4.79 Å². The summed E-state index contributed by atoms with van der Waals surface area (Å²) in [5.41, 5.74) is 1.15. The molecular formula is C13H17NO2. The fourth-order valence-electron chi connectivity index (χ4n) is 2.09. The quantitative estimate of drug-likeness (QED) is 0.830. The lowest BCUT2D eigenvalue weighted by Gasteiger charge is -2.36. The Morgan fingerprint density at radius 2 is 2.00 bits per heavy atom. The fraction of sp³-hybridized carbons (Fsp3) is 0.462. The smallest absolute Gasteiger partial charge is 0.268 e. The van der Waals surface area contributed by atoms with Crippen molar-refractivity contribution in [3.63, 3.8) is 0 Å². The third-order valence-electron chi connectivity index (χ3n) is 3.33. The Morgan fingerprint density at radius 1 is 1.31 bits per heavy atom. The van der Waals surface area contributed by atoms with E-state index >= 15 is 0 Å². The van der Waals surface area contributed by atoms with Crippen molar-refractivity contribution in [2.24, 2.45) is 0 Å². The van der Waals surface area contributed by atoms with Crippen LogP contribution in [-0.2, 0) is 4.79 Å². The van der Waals surface area contributed by atoms with Gasteiger partial charge in [-0.3, -0.25) is 4.79 Å². The normalized spacial score (nSPS) is 17.3. The summed E-state index contributed by atoms with van der Waals surface area (Å²) >= 11 is 0. The van der Waals surface area contributed by atoms with Crippen LogP contribution in [-0.4, -0.2) is 11.5 Å².